The predicted octanol–water partition coefficient (Wildman–Crippen LogP) is 1.90. The zero-order valence-electron chi connectivity index (χ0n) is 10.5. The van der Waals surface area contributed by atoms with Gasteiger partial charge >= 0.3 is 0 Å². The summed E-state index contributed by atoms with van der Waals surface area (Å²) in [6, 6.07) is 0.169. The van der Waals surface area contributed by atoms with Crippen molar-refractivity contribution in [2.75, 3.05) is 6.54 Å². The van der Waals surface area contributed by atoms with Gasteiger partial charge in [-0.1, -0.05) is 19.3 Å². The second kappa shape index (κ2) is 4.36. The number of nitrogens with two attached hydrogens (primary N) is 1. The molecule has 2 fully saturated rings. The number of likely N-dealkylation sites (tertiary alicyclic amines) is 1. The van der Waals surface area contributed by atoms with Crippen LogP contribution in [0.15, 0.2) is 0 Å². The lowest BCUT2D eigenvalue weighted by atomic mass is 9.87. The van der Waals surface area contributed by atoms with Crippen LogP contribution in [0.2, 0.25) is 0 Å². The minimum atomic E-state index is -0.0338. The summed E-state index contributed by atoms with van der Waals surface area (Å²) in [6.45, 7) is 5.03. The van der Waals surface area contributed by atoms with Crippen molar-refractivity contribution in [1.82, 2.24) is 4.90 Å². The average molecular weight is 224 g/mol. The van der Waals surface area contributed by atoms with E-state index in [0.717, 1.165) is 25.8 Å². The molecule has 0 radical (unpaired) electrons. The van der Waals surface area contributed by atoms with Gasteiger partial charge in [-0.15, -0.1) is 0 Å². The molecule has 1 heterocycles. The monoisotopic (exact) mass is 224 g/mol. The summed E-state index contributed by atoms with van der Waals surface area (Å²) in [5.41, 5.74) is 5.94. The summed E-state index contributed by atoms with van der Waals surface area (Å²) < 4.78 is 0. The number of carbonyl (C=O) groups excluding carboxylic acids is 1. The van der Waals surface area contributed by atoms with E-state index in [1.54, 1.807) is 0 Å². The molecule has 1 saturated carbocycles. The van der Waals surface area contributed by atoms with E-state index < -0.39 is 0 Å². The lowest BCUT2D eigenvalue weighted by molar-refractivity contribution is -0.139. The minimum Gasteiger partial charge on any atom is -0.336 e. The number of hydrogen-bond acceptors (Lipinski definition) is 2. The summed E-state index contributed by atoms with van der Waals surface area (Å²) in [5.74, 6) is 0.635. The van der Waals surface area contributed by atoms with Crippen LogP contribution in [0.4, 0.5) is 0 Å². The summed E-state index contributed by atoms with van der Waals surface area (Å²) in [7, 11) is 0. The number of hydrogen-bond donors (Lipinski definition) is 1. The van der Waals surface area contributed by atoms with Crippen LogP contribution in [0.3, 0.4) is 0 Å². The highest BCUT2D eigenvalue weighted by atomic mass is 16.2. The van der Waals surface area contributed by atoms with E-state index >= 15 is 0 Å². The van der Waals surface area contributed by atoms with Gasteiger partial charge in [-0.3, -0.25) is 4.79 Å². The molecule has 0 aromatic heterocycles. The summed E-state index contributed by atoms with van der Waals surface area (Å²) in [5, 5.41) is 0. The SMILES string of the molecule is CC1(C)CC(N)CN1C(=O)C1CCCCC1. The third-order valence-electron chi connectivity index (χ3n) is 4.13. The molecule has 0 bridgehead atoms. The highest BCUT2D eigenvalue weighted by Gasteiger charge is 2.41. The zero-order chi connectivity index (χ0) is 11.8. The van der Waals surface area contributed by atoms with Crippen molar-refractivity contribution in [3.05, 3.63) is 0 Å². The Hall–Kier alpha value is -0.570. The molecule has 1 unspecified atom stereocenters. The Morgan fingerprint density at radius 2 is 1.88 bits per heavy atom. The molecule has 2 aliphatic rings. The molecule has 92 valence electrons. The minimum absolute atomic E-state index is 0.0338. The fraction of sp³-hybridized carbons (Fsp3) is 0.923. The molecular weight excluding hydrogens is 200 g/mol. The first-order valence-electron chi connectivity index (χ1n) is 6.58. The first-order chi connectivity index (χ1) is 7.50. The standard InChI is InChI=1S/C13H24N2O/c1-13(2)8-11(14)9-15(13)12(16)10-6-4-3-5-7-10/h10-11H,3-9,14H2,1-2H3. The van der Waals surface area contributed by atoms with E-state index in [1.165, 1.54) is 19.3 Å². The van der Waals surface area contributed by atoms with Crippen molar-refractivity contribution in [2.24, 2.45) is 11.7 Å². The van der Waals surface area contributed by atoms with Gasteiger partial charge in [0, 0.05) is 24.0 Å². The maximum atomic E-state index is 12.4. The van der Waals surface area contributed by atoms with Crippen LogP contribution in [-0.4, -0.2) is 28.9 Å². The first-order valence-corrected chi connectivity index (χ1v) is 6.58. The highest BCUT2D eigenvalue weighted by molar-refractivity contribution is 5.80. The van der Waals surface area contributed by atoms with Gasteiger partial charge in [-0.25, -0.2) is 0 Å². The zero-order valence-corrected chi connectivity index (χ0v) is 10.5. The van der Waals surface area contributed by atoms with Gasteiger partial charge < -0.3 is 10.6 Å². The molecule has 1 aliphatic heterocycles. The molecular formula is C13H24N2O. The second-order valence-electron chi connectivity index (χ2n) is 6.06. The molecule has 2 rings (SSSR count). The lowest BCUT2D eigenvalue weighted by Gasteiger charge is -2.35. The van der Waals surface area contributed by atoms with E-state index in [-0.39, 0.29) is 17.5 Å². The van der Waals surface area contributed by atoms with E-state index in [2.05, 4.69) is 13.8 Å². The number of nitrogens with zero attached hydrogens (tertiary/aromatic N) is 1. The second-order valence-corrected chi connectivity index (χ2v) is 6.06. The van der Waals surface area contributed by atoms with Gasteiger partial charge in [0.05, 0.1) is 0 Å². The third kappa shape index (κ3) is 2.24. The van der Waals surface area contributed by atoms with Crippen LogP contribution in [0, 0.1) is 5.92 Å². The molecule has 2 N–H and O–H groups in total. The molecule has 1 amide bonds. The molecule has 3 heteroatoms. The Balaban J connectivity index is 2.03. The molecule has 1 saturated heterocycles. The summed E-state index contributed by atoms with van der Waals surface area (Å²) >= 11 is 0. The van der Waals surface area contributed by atoms with Gasteiger partial charge in [0.1, 0.15) is 0 Å². The van der Waals surface area contributed by atoms with Gasteiger partial charge in [0.25, 0.3) is 0 Å². The Bertz CT molecular complexity index is 269. The normalized spacial score (nSPS) is 30.7. The van der Waals surface area contributed by atoms with Gasteiger partial charge in [0.15, 0.2) is 0 Å². The molecule has 1 aliphatic carbocycles. The highest BCUT2D eigenvalue weighted by Crippen LogP contribution is 2.33. The van der Waals surface area contributed by atoms with Crippen LogP contribution >= 0.6 is 0 Å². The number of rotatable bonds is 1. The van der Waals surface area contributed by atoms with Crippen molar-refractivity contribution in [3.63, 3.8) is 0 Å². The van der Waals surface area contributed by atoms with Gasteiger partial charge in [-0.2, -0.15) is 0 Å². The van der Waals surface area contributed by atoms with Gasteiger partial charge in [0.2, 0.25) is 5.91 Å². The third-order valence-corrected chi connectivity index (χ3v) is 4.13. The average Bonchev–Trinajstić information content (AvgIpc) is 2.52. The lowest BCUT2D eigenvalue weighted by Crippen LogP contribution is -2.46. The van der Waals surface area contributed by atoms with Crippen molar-refractivity contribution in [1.29, 1.82) is 0 Å². The van der Waals surface area contributed by atoms with Crippen LogP contribution < -0.4 is 5.73 Å². The van der Waals surface area contributed by atoms with Crippen LogP contribution in [0.5, 0.6) is 0 Å². The quantitative estimate of drug-likeness (QED) is 0.739. The largest absolute Gasteiger partial charge is 0.336 e. The molecule has 16 heavy (non-hydrogen) atoms. The molecule has 3 nitrogen and oxygen atoms in total. The summed E-state index contributed by atoms with van der Waals surface area (Å²) in [6.07, 6.45) is 6.84. The number of amides is 1. The van der Waals surface area contributed by atoms with Crippen molar-refractivity contribution >= 4 is 5.91 Å². The molecule has 0 spiro atoms. The van der Waals surface area contributed by atoms with Crippen molar-refractivity contribution in [3.8, 4) is 0 Å². The molecule has 1 atom stereocenters. The fourth-order valence-corrected chi connectivity index (χ4v) is 3.26. The van der Waals surface area contributed by atoms with E-state index in [9.17, 15) is 4.79 Å². The van der Waals surface area contributed by atoms with Crippen LogP contribution in [-0.2, 0) is 4.79 Å². The van der Waals surface area contributed by atoms with Crippen LogP contribution in [0.25, 0.3) is 0 Å². The van der Waals surface area contributed by atoms with Gasteiger partial charge in [-0.05, 0) is 33.1 Å². The Labute approximate surface area is 98.4 Å². The Kier molecular flexibility index (Phi) is 3.24. The first kappa shape index (κ1) is 11.9. The van der Waals surface area contributed by atoms with Crippen molar-refractivity contribution < 1.29 is 4.79 Å². The van der Waals surface area contributed by atoms with E-state index in [1.807, 2.05) is 4.90 Å². The fourth-order valence-electron chi connectivity index (χ4n) is 3.26. The van der Waals surface area contributed by atoms with Crippen LogP contribution in [0.1, 0.15) is 52.4 Å². The smallest absolute Gasteiger partial charge is 0.226 e. The Morgan fingerprint density at radius 3 is 2.38 bits per heavy atom. The predicted molar refractivity (Wildman–Crippen MR) is 65.0 cm³/mol. The molecule has 0 aromatic rings. The number of carbonyl (C=O) groups is 1. The summed E-state index contributed by atoms with van der Waals surface area (Å²) in [4.78, 5) is 14.5. The topological polar surface area (TPSA) is 46.3 Å². The van der Waals surface area contributed by atoms with E-state index in [4.69, 9.17) is 5.73 Å². The van der Waals surface area contributed by atoms with E-state index in [0.29, 0.717) is 5.91 Å². The Morgan fingerprint density at radius 1 is 1.25 bits per heavy atom. The maximum absolute atomic E-state index is 12.4. The van der Waals surface area contributed by atoms with Crippen molar-refractivity contribution in [2.45, 2.75) is 64.0 Å². The molecule has 0 aromatic carbocycles. The maximum Gasteiger partial charge on any atom is 0.226 e.